The van der Waals surface area contributed by atoms with E-state index in [2.05, 4.69) is 10.3 Å². The van der Waals surface area contributed by atoms with E-state index in [4.69, 9.17) is 4.74 Å². The van der Waals surface area contributed by atoms with Crippen LogP contribution in [0.5, 0.6) is 0 Å². The summed E-state index contributed by atoms with van der Waals surface area (Å²) in [6.45, 7) is 5.16. The summed E-state index contributed by atoms with van der Waals surface area (Å²) >= 11 is 0. The predicted octanol–water partition coefficient (Wildman–Crippen LogP) is 2.76. The fourth-order valence-electron chi connectivity index (χ4n) is 2.21. The molecule has 1 atom stereocenters. The number of alkyl carbamates (subject to hydrolysis) is 1. The zero-order valence-corrected chi connectivity index (χ0v) is 13.4. The number of carboxylic acids is 1. The van der Waals surface area contributed by atoms with Crippen LogP contribution in [0, 0.1) is 0 Å². The molecule has 1 heterocycles. The Bertz CT molecular complexity index is 717. The van der Waals surface area contributed by atoms with E-state index < -0.39 is 23.7 Å². The number of nitrogens with one attached hydrogen (secondary N) is 1. The van der Waals surface area contributed by atoms with Gasteiger partial charge in [0.1, 0.15) is 11.6 Å². The van der Waals surface area contributed by atoms with E-state index in [0.717, 1.165) is 16.3 Å². The minimum absolute atomic E-state index is 0.128. The number of aliphatic carboxylic acids is 1. The fourth-order valence-corrected chi connectivity index (χ4v) is 2.21. The van der Waals surface area contributed by atoms with Crippen LogP contribution >= 0.6 is 0 Å². The molecule has 1 unspecified atom stereocenters. The number of ether oxygens (including phenoxy) is 1. The number of hydrogen-bond donors (Lipinski definition) is 2. The molecule has 0 aliphatic heterocycles. The number of carbonyl (C=O) groups is 2. The number of rotatable bonds is 4. The van der Waals surface area contributed by atoms with Crippen LogP contribution in [0.2, 0.25) is 0 Å². The average molecular weight is 316 g/mol. The first kappa shape index (κ1) is 16.7. The van der Waals surface area contributed by atoms with Gasteiger partial charge in [-0.3, -0.25) is 4.98 Å². The second-order valence-corrected chi connectivity index (χ2v) is 6.26. The molecule has 0 aliphatic carbocycles. The summed E-state index contributed by atoms with van der Waals surface area (Å²) in [5.74, 6) is -1.12. The highest BCUT2D eigenvalue weighted by atomic mass is 16.6. The number of hydrogen-bond acceptors (Lipinski definition) is 4. The van der Waals surface area contributed by atoms with Crippen molar-refractivity contribution in [2.75, 3.05) is 0 Å². The zero-order chi connectivity index (χ0) is 17.0. The number of nitrogens with zero attached hydrogens (tertiary/aromatic N) is 1. The minimum atomic E-state index is -1.12. The van der Waals surface area contributed by atoms with E-state index in [9.17, 15) is 14.7 Å². The maximum atomic E-state index is 11.8. The average Bonchev–Trinajstić information content (AvgIpc) is 2.44. The summed E-state index contributed by atoms with van der Waals surface area (Å²) < 4.78 is 5.11. The van der Waals surface area contributed by atoms with E-state index >= 15 is 0 Å². The molecular formula is C17H20N2O4. The van der Waals surface area contributed by atoms with Crippen LogP contribution in [-0.4, -0.2) is 33.8 Å². The maximum Gasteiger partial charge on any atom is 0.408 e. The number of amides is 1. The molecule has 0 aliphatic rings. The summed E-state index contributed by atoms with van der Waals surface area (Å²) in [7, 11) is 0. The number of aromatic nitrogens is 1. The monoisotopic (exact) mass is 316 g/mol. The minimum Gasteiger partial charge on any atom is -0.480 e. The third-order valence-electron chi connectivity index (χ3n) is 3.16. The van der Waals surface area contributed by atoms with Gasteiger partial charge in [0, 0.05) is 24.2 Å². The van der Waals surface area contributed by atoms with Gasteiger partial charge in [-0.15, -0.1) is 0 Å². The zero-order valence-electron chi connectivity index (χ0n) is 13.4. The van der Waals surface area contributed by atoms with Crippen LogP contribution in [0.4, 0.5) is 4.79 Å². The van der Waals surface area contributed by atoms with Gasteiger partial charge in [0.2, 0.25) is 0 Å². The molecule has 1 amide bonds. The number of pyridine rings is 1. The molecule has 23 heavy (non-hydrogen) atoms. The Morgan fingerprint density at radius 3 is 2.61 bits per heavy atom. The van der Waals surface area contributed by atoms with Crippen molar-refractivity contribution in [1.29, 1.82) is 0 Å². The van der Waals surface area contributed by atoms with Crippen molar-refractivity contribution in [3.63, 3.8) is 0 Å². The first-order valence-electron chi connectivity index (χ1n) is 7.30. The van der Waals surface area contributed by atoms with Crippen LogP contribution in [0.25, 0.3) is 10.8 Å². The van der Waals surface area contributed by atoms with Crippen LogP contribution < -0.4 is 5.32 Å². The highest BCUT2D eigenvalue weighted by molar-refractivity contribution is 5.86. The molecule has 0 saturated carbocycles. The topological polar surface area (TPSA) is 88.5 Å². The third-order valence-corrected chi connectivity index (χ3v) is 3.16. The Labute approximate surface area is 134 Å². The molecule has 0 bridgehead atoms. The first-order chi connectivity index (χ1) is 10.8. The van der Waals surface area contributed by atoms with Gasteiger partial charge in [-0.05, 0) is 31.7 Å². The van der Waals surface area contributed by atoms with Crippen molar-refractivity contribution in [1.82, 2.24) is 10.3 Å². The summed E-state index contributed by atoms with van der Waals surface area (Å²) in [6.07, 6.45) is 2.71. The van der Waals surface area contributed by atoms with Crippen molar-refractivity contribution in [2.45, 2.75) is 38.8 Å². The Hall–Kier alpha value is -2.63. The SMILES string of the molecule is CC(C)(C)OC(=O)NC(Cc1cncc2ccccc12)C(=O)O. The normalized spacial score (nSPS) is 12.7. The molecule has 122 valence electrons. The van der Waals surface area contributed by atoms with Crippen LogP contribution in [0.15, 0.2) is 36.7 Å². The second-order valence-electron chi connectivity index (χ2n) is 6.26. The van der Waals surface area contributed by atoms with Crippen molar-refractivity contribution in [3.05, 3.63) is 42.2 Å². The number of fused-ring (bicyclic) bond motifs is 1. The summed E-state index contributed by atoms with van der Waals surface area (Å²) in [6, 6.07) is 6.49. The molecule has 1 aromatic carbocycles. The summed E-state index contributed by atoms with van der Waals surface area (Å²) in [5.41, 5.74) is 0.0697. The van der Waals surface area contributed by atoms with E-state index in [-0.39, 0.29) is 6.42 Å². The molecule has 0 saturated heterocycles. The maximum absolute atomic E-state index is 11.8. The predicted molar refractivity (Wildman–Crippen MR) is 86.2 cm³/mol. The molecule has 0 spiro atoms. The lowest BCUT2D eigenvalue weighted by molar-refractivity contribution is -0.139. The highest BCUT2D eigenvalue weighted by Gasteiger charge is 2.24. The molecule has 2 rings (SSSR count). The van der Waals surface area contributed by atoms with Gasteiger partial charge in [0.25, 0.3) is 0 Å². The van der Waals surface area contributed by atoms with E-state index in [1.54, 1.807) is 33.2 Å². The lowest BCUT2D eigenvalue weighted by Gasteiger charge is -2.22. The third kappa shape index (κ3) is 4.67. The molecule has 2 aromatic rings. The fraction of sp³-hybridized carbons (Fsp3) is 0.353. The largest absolute Gasteiger partial charge is 0.480 e. The summed E-state index contributed by atoms with van der Waals surface area (Å²) in [5, 5.41) is 13.6. The van der Waals surface area contributed by atoms with Gasteiger partial charge >= 0.3 is 12.1 Å². The lowest BCUT2D eigenvalue weighted by Crippen LogP contribution is -2.44. The molecule has 6 heteroatoms. The first-order valence-corrected chi connectivity index (χ1v) is 7.30. The van der Waals surface area contributed by atoms with Gasteiger partial charge in [-0.1, -0.05) is 24.3 Å². The Kier molecular flexibility index (Phi) is 4.83. The van der Waals surface area contributed by atoms with Crippen molar-refractivity contribution in [3.8, 4) is 0 Å². The number of carbonyl (C=O) groups excluding carboxylic acids is 1. The van der Waals surface area contributed by atoms with Crippen LogP contribution in [0.3, 0.4) is 0 Å². The van der Waals surface area contributed by atoms with Gasteiger partial charge in [0.15, 0.2) is 0 Å². The number of carboxylic acid groups (broad SMARTS) is 1. The van der Waals surface area contributed by atoms with Gasteiger partial charge < -0.3 is 15.2 Å². The van der Waals surface area contributed by atoms with Crippen molar-refractivity contribution in [2.24, 2.45) is 0 Å². The van der Waals surface area contributed by atoms with Gasteiger partial charge in [-0.2, -0.15) is 0 Å². The molecule has 2 N–H and O–H groups in total. The van der Waals surface area contributed by atoms with Crippen molar-refractivity contribution >= 4 is 22.8 Å². The molecule has 6 nitrogen and oxygen atoms in total. The van der Waals surface area contributed by atoms with Gasteiger partial charge in [0.05, 0.1) is 0 Å². The molecular weight excluding hydrogens is 296 g/mol. The Morgan fingerprint density at radius 1 is 1.26 bits per heavy atom. The van der Waals surface area contributed by atoms with E-state index in [0.29, 0.717) is 0 Å². The lowest BCUT2D eigenvalue weighted by atomic mass is 10.0. The van der Waals surface area contributed by atoms with E-state index in [1.165, 1.54) is 0 Å². The van der Waals surface area contributed by atoms with E-state index in [1.807, 2.05) is 24.3 Å². The van der Waals surface area contributed by atoms with Gasteiger partial charge in [-0.25, -0.2) is 9.59 Å². The molecule has 0 radical (unpaired) electrons. The standard InChI is InChI=1S/C17H20N2O4/c1-17(2,3)23-16(22)19-14(15(20)21)8-12-10-18-9-11-6-4-5-7-13(11)12/h4-7,9-10,14H,8H2,1-3H3,(H,19,22)(H,20,21). The molecule has 0 fully saturated rings. The smallest absolute Gasteiger partial charge is 0.408 e. The highest BCUT2D eigenvalue weighted by Crippen LogP contribution is 2.18. The summed E-state index contributed by atoms with van der Waals surface area (Å²) in [4.78, 5) is 27.4. The second kappa shape index (κ2) is 6.64. The number of benzene rings is 1. The quantitative estimate of drug-likeness (QED) is 0.905. The Morgan fingerprint density at radius 2 is 1.96 bits per heavy atom. The molecule has 1 aromatic heterocycles. The Balaban J connectivity index is 2.19. The van der Waals surface area contributed by atoms with Crippen LogP contribution in [-0.2, 0) is 16.0 Å². The van der Waals surface area contributed by atoms with Crippen LogP contribution in [0.1, 0.15) is 26.3 Å². The van der Waals surface area contributed by atoms with Crippen molar-refractivity contribution < 1.29 is 19.4 Å².